The quantitative estimate of drug-likeness (QED) is 0.107. The van der Waals surface area contributed by atoms with Gasteiger partial charge in [-0.1, -0.05) is 54.4 Å². The van der Waals surface area contributed by atoms with E-state index < -0.39 is 40.3 Å². The predicted molar refractivity (Wildman–Crippen MR) is 256 cm³/mol. The van der Waals surface area contributed by atoms with Gasteiger partial charge in [-0.15, -0.1) is 0 Å². The van der Waals surface area contributed by atoms with Gasteiger partial charge in [-0.2, -0.15) is 8.42 Å². The van der Waals surface area contributed by atoms with E-state index in [2.05, 4.69) is 25.3 Å². The van der Waals surface area contributed by atoms with Gasteiger partial charge < -0.3 is 14.8 Å². The summed E-state index contributed by atoms with van der Waals surface area (Å²) >= 11 is 5.93. The Kier molecular flexibility index (Phi) is 20.1. The number of aromatic nitrogens is 6. The second-order valence-corrected chi connectivity index (χ2v) is 23.4. The molecule has 4 heterocycles. The molecule has 2 N–H and O–H groups in total. The van der Waals surface area contributed by atoms with Crippen LogP contribution in [0.25, 0.3) is 22.1 Å². The molecule has 8 rings (SSSR count). The number of hydrogen-bond acceptors (Lipinski definition) is 15. The minimum absolute atomic E-state index is 0. The molecular weight excluding hydrogens is 991 g/mol. The number of rotatable bonds is 11. The molecule has 0 saturated heterocycles. The van der Waals surface area contributed by atoms with Gasteiger partial charge in [-0.05, 0) is 120 Å². The second-order valence-electron chi connectivity index (χ2n) is 16.5. The van der Waals surface area contributed by atoms with E-state index in [1.165, 1.54) is 29.0 Å². The molecule has 362 valence electrons. The van der Waals surface area contributed by atoms with Crippen molar-refractivity contribution < 1.29 is 95.6 Å². The van der Waals surface area contributed by atoms with E-state index in [0.29, 0.717) is 41.1 Å². The zero-order chi connectivity index (χ0) is 47.3. The molecule has 0 bridgehead atoms. The minimum atomic E-state index is -4.22. The van der Waals surface area contributed by atoms with Crippen molar-refractivity contribution in [1.82, 2.24) is 33.2 Å². The first kappa shape index (κ1) is 56.7. The molecule has 0 spiro atoms. The first-order chi connectivity index (χ1) is 30.6. The van der Waals surface area contributed by atoms with Crippen LogP contribution in [0, 0.1) is 25.7 Å². The van der Waals surface area contributed by atoms with Crippen LogP contribution in [0.2, 0.25) is 5.15 Å². The van der Waals surface area contributed by atoms with Crippen molar-refractivity contribution in [3.8, 4) is 0 Å². The fraction of sp³-hybridized carbons (Fsp3) is 0.442. The Hall–Kier alpha value is -2.91. The molecule has 0 aliphatic heterocycles. The van der Waals surface area contributed by atoms with Gasteiger partial charge >= 0.3 is 51.4 Å². The van der Waals surface area contributed by atoms with E-state index in [1.807, 2.05) is 32.8 Å². The number of nitrogens with one attached hydrogen (secondary N) is 1. The van der Waals surface area contributed by atoms with Crippen LogP contribution >= 0.6 is 11.6 Å². The Bertz CT molecular complexity index is 3060. The predicted octanol–water partition coefficient (Wildman–Crippen LogP) is 3.69. The van der Waals surface area contributed by atoms with Gasteiger partial charge in [0.2, 0.25) is 0 Å². The van der Waals surface area contributed by atoms with Crippen molar-refractivity contribution in [2.75, 3.05) is 30.5 Å². The summed E-state index contributed by atoms with van der Waals surface area (Å²) in [6, 6.07) is 17.2. The molecule has 2 fully saturated rings. The molecule has 0 atom stereocenters. The third-order valence-electron chi connectivity index (χ3n) is 11.8. The van der Waals surface area contributed by atoms with E-state index in [-0.39, 0.29) is 110 Å². The number of aryl methyl sites for hydroxylation is 2. The molecule has 4 aromatic heterocycles. The van der Waals surface area contributed by atoms with Crippen LogP contribution in [0.15, 0.2) is 95.5 Å². The molecule has 2 aromatic carbocycles. The van der Waals surface area contributed by atoms with Crippen molar-refractivity contribution in [3.05, 3.63) is 102 Å². The monoisotopic (exact) mass is 1050 g/mol. The van der Waals surface area contributed by atoms with Gasteiger partial charge in [0.1, 0.15) is 23.6 Å². The number of hydrogen-bond donors (Lipinski definition) is 2. The molecule has 6 aromatic rings. The fourth-order valence-electron chi connectivity index (χ4n) is 8.20. The Morgan fingerprint density at radius 2 is 1.12 bits per heavy atom. The van der Waals surface area contributed by atoms with Crippen molar-refractivity contribution in [2.45, 2.75) is 94.5 Å². The molecule has 0 unspecified atom stereocenters. The minimum Gasteiger partial charge on any atom is -0.748 e. The third-order valence-corrected chi connectivity index (χ3v) is 17.3. The van der Waals surface area contributed by atoms with Crippen molar-refractivity contribution >= 4 is 79.8 Å². The number of anilines is 1. The van der Waals surface area contributed by atoms with E-state index in [4.69, 9.17) is 16.2 Å². The average Bonchev–Trinajstić information content (AvgIpc) is 3.91. The van der Waals surface area contributed by atoms with E-state index in [0.717, 1.165) is 53.6 Å². The Morgan fingerprint density at radius 3 is 1.58 bits per heavy atom. The van der Waals surface area contributed by atoms with E-state index in [1.54, 1.807) is 60.7 Å². The average molecular weight is 1050 g/mol. The Morgan fingerprint density at radius 1 is 0.687 bits per heavy atom. The molecule has 2 aliphatic rings. The molecule has 2 aliphatic carbocycles. The maximum atomic E-state index is 13.2. The summed E-state index contributed by atoms with van der Waals surface area (Å²) in [6.07, 6.45) is 12.1. The number of benzene rings is 2. The molecule has 24 heteroatoms. The maximum absolute atomic E-state index is 13.2. The SMILES string of the molecule is C.CNC1CCC(CS(=O)(=O)O)CC1.Cc1ccc(S(=O)(=O)n2ccc3c(Cl)ncnc32)cc1.Cc1ccc(S(=O)(=O)n2ccc3c(N(C)C4CCC(CS(=O)(=O)[O-])CC4)ncnc32)cc1.[HH].[K+]. The zero-order valence-electron chi connectivity index (χ0n) is 37.2. The summed E-state index contributed by atoms with van der Waals surface area (Å²) in [6.45, 7) is 3.79. The van der Waals surface area contributed by atoms with Gasteiger partial charge in [0.05, 0.1) is 36.4 Å². The smallest absolute Gasteiger partial charge is 0.748 e. The Labute approximate surface area is 442 Å². The first-order valence-electron chi connectivity index (χ1n) is 20.8. The van der Waals surface area contributed by atoms with Crippen LogP contribution in [0.4, 0.5) is 5.82 Å². The van der Waals surface area contributed by atoms with Crippen LogP contribution in [0.3, 0.4) is 0 Å². The topological polar surface area (TPSA) is 257 Å². The third kappa shape index (κ3) is 14.6. The van der Waals surface area contributed by atoms with Crippen molar-refractivity contribution in [1.29, 1.82) is 0 Å². The second kappa shape index (κ2) is 23.8. The first-order valence-corrected chi connectivity index (χ1v) is 27.2. The molecule has 0 radical (unpaired) electrons. The maximum Gasteiger partial charge on any atom is 1.00 e. The summed E-state index contributed by atoms with van der Waals surface area (Å²) in [5.74, 6) is 0.269. The van der Waals surface area contributed by atoms with Gasteiger partial charge in [-0.25, -0.2) is 53.1 Å². The summed E-state index contributed by atoms with van der Waals surface area (Å²) in [5.41, 5.74) is 2.53. The fourth-order valence-corrected chi connectivity index (χ4v) is 12.8. The Balaban J connectivity index is 0.000000292. The summed E-state index contributed by atoms with van der Waals surface area (Å²) < 4.78 is 117. The van der Waals surface area contributed by atoms with Crippen molar-refractivity contribution in [2.24, 2.45) is 11.8 Å². The van der Waals surface area contributed by atoms with Crippen LogP contribution in [0.5, 0.6) is 0 Å². The van der Waals surface area contributed by atoms with Crippen LogP contribution in [-0.4, -0.2) is 108 Å². The van der Waals surface area contributed by atoms with Crippen LogP contribution in [-0.2, 0) is 40.3 Å². The van der Waals surface area contributed by atoms with E-state index in [9.17, 15) is 38.2 Å². The molecule has 2 saturated carbocycles. The van der Waals surface area contributed by atoms with E-state index >= 15 is 0 Å². The summed E-state index contributed by atoms with van der Waals surface area (Å²) in [4.78, 5) is 18.8. The van der Waals surface area contributed by atoms with Gasteiger partial charge in [-0.3, -0.25) is 4.55 Å². The van der Waals surface area contributed by atoms with Gasteiger partial charge in [0.15, 0.2) is 11.3 Å². The molecule has 18 nitrogen and oxygen atoms in total. The number of nitrogens with zero attached hydrogens (tertiary/aromatic N) is 7. The van der Waals surface area contributed by atoms with Gasteiger partial charge in [0.25, 0.3) is 30.2 Å². The van der Waals surface area contributed by atoms with Crippen molar-refractivity contribution in [3.63, 3.8) is 0 Å². The zero-order valence-corrected chi connectivity index (χ0v) is 44.4. The van der Waals surface area contributed by atoms with Crippen LogP contribution in [0.1, 0.15) is 71.3 Å². The summed E-state index contributed by atoms with van der Waals surface area (Å²) in [7, 11) is -11.7. The number of halogens is 1. The molecule has 67 heavy (non-hydrogen) atoms. The van der Waals surface area contributed by atoms with Gasteiger partial charge in [0, 0.05) is 38.7 Å². The number of fused-ring (bicyclic) bond motifs is 2. The summed E-state index contributed by atoms with van der Waals surface area (Å²) in [5, 5.41) is 4.53. The molecular formula is C43H58ClKN8O10S4. The normalized spacial score (nSPS) is 18.9. The largest absolute Gasteiger partial charge is 1.00 e. The standard InChI is InChI=1S/C21H26N4O5S2.C13H10ClN3O2S.C8H17NO3S.CH4.K.H2/c1-15-3-9-18(10-4-15)32(29,30)25-12-11-19-20(22-14-23-21(19)25)24(2)17-7-5-16(6-8-17)13-31(26,27)28;1-9-2-4-10(5-3-9)20(18,19)17-7-6-11-12(14)15-8-16-13(11)17;1-9-8-4-2-7(3-5-8)6-13(10,11)12;;;/h3-4,9-12,14,16-17H,5-8,13H2,1-2H3,(H,26,27,28);2-8H,1H3;7-9H,2-6H2,1H3,(H,10,11,12);1H4;;1H/q;;;;+1;/p-1. The van der Waals surface area contributed by atoms with Crippen LogP contribution < -0.4 is 61.6 Å². The molecule has 0 amide bonds.